The molecule has 10 heavy (non-hydrogen) atoms. The lowest BCUT2D eigenvalue weighted by atomic mass is 10.6. The van der Waals surface area contributed by atoms with Crippen LogP contribution in [-0.4, -0.2) is 27.3 Å². The standard InChI is InChI=1S/C5H11N5/c1-3-10-8-5(4-6-2)7-9-10/h6H,3-4H2,1-2H3. The Morgan fingerprint density at radius 3 is 2.90 bits per heavy atom. The van der Waals surface area contributed by atoms with Gasteiger partial charge < -0.3 is 5.32 Å². The topological polar surface area (TPSA) is 55.6 Å². The first kappa shape index (κ1) is 7.14. The fourth-order valence-corrected chi connectivity index (χ4v) is 0.639. The average Bonchev–Trinajstić information content (AvgIpc) is 2.37. The van der Waals surface area contributed by atoms with Crippen LogP contribution in [-0.2, 0) is 13.1 Å². The summed E-state index contributed by atoms with van der Waals surface area (Å²) in [7, 11) is 1.85. The van der Waals surface area contributed by atoms with Crippen LogP contribution in [0.25, 0.3) is 0 Å². The molecule has 0 saturated heterocycles. The van der Waals surface area contributed by atoms with Crippen LogP contribution in [0.15, 0.2) is 0 Å². The molecule has 0 aliphatic carbocycles. The van der Waals surface area contributed by atoms with E-state index in [1.165, 1.54) is 0 Å². The summed E-state index contributed by atoms with van der Waals surface area (Å²) < 4.78 is 0. The predicted molar refractivity (Wildman–Crippen MR) is 36.3 cm³/mol. The van der Waals surface area contributed by atoms with E-state index in [0.29, 0.717) is 6.54 Å². The first-order valence-corrected chi connectivity index (χ1v) is 3.28. The largest absolute Gasteiger partial charge is 0.313 e. The highest BCUT2D eigenvalue weighted by Crippen LogP contribution is 1.83. The van der Waals surface area contributed by atoms with Crippen LogP contribution in [0, 0.1) is 0 Å². The van der Waals surface area contributed by atoms with Crippen molar-refractivity contribution in [3.63, 3.8) is 0 Å². The Bertz CT molecular complexity index is 194. The van der Waals surface area contributed by atoms with Gasteiger partial charge in [-0.2, -0.15) is 4.80 Å². The second kappa shape index (κ2) is 3.26. The summed E-state index contributed by atoms with van der Waals surface area (Å²) in [6, 6.07) is 0. The number of aromatic nitrogens is 4. The normalized spacial score (nSPS) is 10.2. The Balaban J connectivity index is 2.59. The molecule has 0 aliphatic heterocycles. The minimum absolute atomic E-state index is 0.681. The van der Waals surface area contributed by atoms with Crippen molar-refractivity contribution in [3.05, 3.63) is 5.82 Å². The van der Waals surface area contributed by atoms with E-state index in [1.54, 1.807) is 4.80 Å². The van der Waals surface area contributed by atoms with E-state index in [0.717, 1.165) is 12.4 Å². The molecule has 0 bridgehead atoms. The Morgan fingerprint density at radius 1 is 1.60 bits per heavy atom. The van der Waals surface area contributed by atoms with Crippen LogP contribution < -0.4 is 5.32 Å². The molecule has 0 fully saturated rings. The number of nitrogens with zero attached hydrogens (tertiary/aromatic N) is 4. The molecule has 0 radical (unpaired) electrons. The molecule has 0 atom stereocenters. The maximum absolute atomic E-state index is 4.05. The van der Waals surface area contributed by atoms with E-state index in [-0.39, 0.29) is 0 Å². The summed E-state index contributed by atoms with van der Waals surface area (Å²) >= 11 is 0. The number of aryl methyl sites for hydroxylation is 1. The third kappa shape index (κ3) is 1.51. The van der Waals surface area contributed by atoms with Crippen LogP contribution in [0.5, 0.6) is 0 Å². The van der Waals surface area contributed by atoms with Crippen LogP contribution in [0.4, 0.5) is 0 Å². The van der Waals surface area contributed by atoms with Gasteiger partial charge in [0.2, 0.25) is 0 Å². The highest BCUT2D eigenvalue weighted by molar-refractivity contribution is 4.73. The molecule has 1 N–H and O–H groups in total. The van der Waals surface area contributed by atoms with E-state index in [1.807, 2.05) is 14.0 Å². The zero-order valence-corrected chi connectivity index (χ0v) is 6.20. The highest BCUT2D eigenvalue weighted by Gasteiger charge is 1.97. The van der Waals surface area contributed by atoms with Gasteiger partial charge in [-0.15, -0.1) is 10.2 Å². The lowest BCUT2D eigenvalue weighted by Crippen LogP contribution is -2.07. The highest BCUT2D eigenvalue weighted by atomic mass is 15.6. The zero-order chi connectivity index (χ0) is 7.40. The van der Waals surface area contributed by atoms with E-state index in [9.17, 15) is 0 Å². The molecule has 1 heterocycles. The SMILES string of the molecule is CCn1nnc(CNC)n1. The molecule has 0 aromatic carbocycles. The molecule has 0 aliphatic rings. The van der Waals surface area contributed by atoms with Gasteiger partial charge in [0.25, 0.3) is 0 Å². The lowest BCUT2D eigenvalue weighted by molar-refractivity contribution is 0.549. The molecule has 1 rings (SSSR count). The Hall–Kier alpha value is -0.970. The van der Waals surface area contributed by atoms with Gasteiger partial charge in [-0.05, 0) is 19.2 Å². The summed E-state index contributed by atoms with van der Waals surface area (Å²) in [5.41, 5.74) is 0. The van der Waals surface area contributed by atoms with Gasteiger partial charge in [0.1, 0.15) is 0 Å². The third-order valence-corrected chi connectivity index (χ3v) is 1.11. The van der Waals surface area contributed by atoms with Gasteiger partial charge in [-0.1, -0.05) is 0 Å². The van der Waals surface area contributed by atoms with E-state index >= 15 is 0 Å². The summed E-state index contributed by atoms with van der Waals surface area (Å²) in [6.45, 7) is 3.43. The average molecular weight is 141 g/mol. The second-order valence-electron chi connectivity index (χ2n) is 1.92. The molecule has 5 nitrogen and oxygen atoms in total. The molecule has 0 saturated carbocycles. The maximum Gasteiger partial charge on any atom is 0.188 e. The molecule has 0 spiro atoms. The molecule has 0 amide bonds. The minimum atomic E-state index is 0.681. The van der Waals surface area contributed by atoms with Gasteiger partial charge in [0.15, 0.2) is 5.82 Å². The van der Waals surface area contributed by atoms with Crippen molar-refractivity contribution in [2.75, 3.05) is 7.05 Å². The van der Waals surface area contributed by atoms with Gasteiger partial charge in [0, 0.05) is 0 Å². The van der Waals surface area contributed by atoms with E-state index in [2.05, 4.69) is 20.7 Å². The minimum Gasteiger partial charge on any atom is -0.313 e. The van der Waals surface area contributed by atoms with Crippen LogP contribution in [0.2, 0.25) is 0 Å². The number of tetrazole rings is 1. The monoisotopic (exact) mass is 141 g/mol. The molecule has 1 aromatic rings. The van der Waals surface area contributed by atoms with Crippen molar-refractivity contribution in [1.29, 1.82) is 0 Å². The zero-order valence-electron chi connectivity index (χ0n) is 6.20. The maximum atomic E-state index is 4.05. The Morgan fingerprint density at radius 2 is 2.40 bits per heavy atom. The number of hydrogen-bond donors (Lipinski definition) is 1. The summed E-state index contributed by atoms with van der Waals surface area (Å²) in [6.07, 6.45) is 0. The smallest absolute Gasteiger partial charge is 0.188 e. The molecule has 0 unspecified atom stereocenters. The molecular formula is C5H11N5. The van der Waals surface area contributed by atoms with Crippen molar-refractivity contribution >= 4 is 0 Å². The van der Waals surface area contributed by atoms with Crippen molar-refractivity contribution in [2.24, 2.45) is 0 Å². The van der Waals surface area contributed by atoms with E-state index in [4.69, 9.17) is 0 Å². The van der Waals surface area contributed by atoms with Crippen LogP contribution >= 0.6 is 0 Å². The van der Waals surface area contributed by atoms with Gasteiger partial charge >= 0.3 is 0 Å². The fourth-order valence-electron chi connectivity index (χ4n) is 0.639. The predicted octanol–water partition coefficient (Wildman–Crippen LogP) is -0.588. The van der Waals surface area contributed by atoms with Crippen molar-refractivity contribution < 1.29 is 0 Å². The molecule has 1 aromatic heterocycles. The van der Waals surface area contributed by atoms with Crippen LogP contribution in [0.3, 0.4) is 0 Å². The van der Waals surface area contributed by atoms with E-state index < -0.39 is 0 Å². The number of nitrogens with one attached hydrogen (secondary N) is 1. The Kier molecular flexibility index (Phi) is 2.33. The summed E-state index contributed by atoms with van der Waals surface area (Å²) in [4.78, 5) is 1.56. The fraction of sp³-hybridized carbons (Fsp3) is 0.800. The Labute approximate surface area is 59.4 Å². The lowest BCUT2D eigenvalue weighted by Gasteiger charge is -1.88. The van der Waals surface area contributed by atoms with Crippen molar-refractivity contribution in [1.82, 2.24) is 25.5 Å². The number of rotatable bonds is 3. The number of hydrogen-bond acceptors (Lipinski definition) is 4. The quantitative estimate of drug-likeness (QED) is 0.611. The third-order valence-electron chi connectivity index (χ3n) is 1.11. The summed E-state index contributed by atoms with van der Waals surface area (Å²) in [5, 5.41) is 14.6. The van der Waals surface area contributed by atoms with Gasteiger partial charge in [-0.25, -0.2) is 0 Å². The first-order chi connectivity index (χ1) is 4.86. The van der Waals surface area contributed by atoms with Crippen molar-refractivity contribution in [3.8, 4) is 0 Å². The van der Waals surface area contributed by atoms with Gasteiger partial charge in [0.05, 0.1) is 13.1 Å². The first-order valence-electron chi connectivity index (χ1n) is 3.28. The molecular weight excluding hydrogens is 130 g/mol. The molecule has 5 heteroatoms. The van der Waals surface area contributed by atoms with Crippen LogP contribution in [0.1, 0.15) is 12.7 Å². The van der Waals surface area contributed by atoms with Gasteiger partial charge in [-0.3, -0.25) is 0 Å². The van der Waals surface area contributed by atoms with Crippen molar-refractivity contribution in [2.45, 2.75) is 20.0 Å². The second-order valence-corrected chi connectivity index (χ2v) is 1.92. The molecule has 56 valence electrons. The summed E-state index contributed by atoms with van der Waals surface area (Å²) in [5.74, 6) is 0.740.